The Morgan fingerprint density at radius 1 is 0.879 bits per heavy atom. The molecule has 172 valence electrons. The van der Waals surface area contributed by atoms with Gasteiger partial charge in [0.05, 0.1) is 22.4 Å². The van der Waals surface area contributed by atoms with Gasteiger partial charge >= 0.3 is 6.09 Å². The van der Waals surface area contributed by atoms with Gasteiger partial charge in [-0.05, 0) is 71.0 Å². The number of ether oxygens (including phenoxy) is 1. The second-order valence-corrected chi connectivity index (χ2v) is 8.54. The number of hydrogen-bond acceptors (Lipinski definition) is 6. The maximum absolute atomic E-state index is 12.7. The van der Waals surface area contributed by atoms with Gasteiger partial charge < -0.3 is 20.7 Å². The molecule has 3 rings (SSSR count). The topological polar surface area (TPSA) is 122 Å². The molecule has 0 radical (unpaired) electrons. The SMILES string of the molecule is Cc1nc2ccc(C(=O)Nc3cccc(NC(=O)CNC(=O)OC(C)(C)C)c3)cc2nc1C. The van der Waals surface area contributed by atoms with E-state index in [1.807, 2.05) is 13.8 Å². The van der Waals surface area contributed by atoms with Crippen molar-refractivity contribution < 1.29 is 19.1 Å². The van der Waals surface area contributed by atoms with Crippen molar-refractivity contribution in [2.24, 2.45) is 0 Å². The molecule has 2 aromatic carbocycles. The second-order valence-electron chi connectivity index (χ2n) is 8.54. The van der Waals surface area contributed by atoms with Crippen LogP contribution in [0.1, 0.15) is 42.5 Å². The molecule has 9 heteroatoms. The summed E-state index contributed by atoms with van der Waals surface area (Å²) in [6.07, 6.45) is -0.677. The Balaban J connectivity index is 1.62. The lowest BCUT2D eigenvalue weighted by atomic mass is 10.1. The molecule has 0 unspecified atom stereocenters. The summed E-state index contributed by atoms with van der Waals surface area (Å²) < 4.78 is 5.10. The van der Waals surface area contributed by atoms with E-state index in [0.717, 1.165) is 16.9 Å². The van der Waals surface area contributed by atoms with E-state index >= 15 is 0 Å². The van der Waals surface area contributed by atoms with Crippen molar-refractivity contribution >= 4 is 40.3 Å². The summed E-state index contributed by atoms with van der Waals surface area (Å²) in [7, 11) is 0. The maximum atomic E-state index is 12.7. The Hall–Kier alpha value is -4.01. The molecule has 0 fully saturated rings. The van der Waals surface area contributed by atoms with Gasteiger partial charge in [-0.15, -0.1) is 0 Å². The molecule has 0 aliphatic heterocycles. The van der Waals surface area contributed by atoms with Gasteiger partial charge in [0.2, 0.25) is 5.91 Å². The van der Waals surface area contributed by atoms with Gasteiger partial charge in [-0.1, -0.05) is 6.07 Å². The van der Waals surface area contributed by atoms with Gasteiger partial charge in [-0.3, -0.25) is 9.59 Å². The fourth-order valence-corrected chi connectivity index (χ4v) is 2.92. The number of carbonyl (C=O) groups is 3. The molecule has 1 heterocycles. The van der Waals surface area contributed by atoms with E-state index in [-0.39, 0.29) is 12.5 Å². The number of nitrogens with zero attached hydrogens (tertiary/aromatic N) is 2. The Bertz CT molecular complexity index is 1220. The Morgan fingerprint density at radius 2 is 1.52 bits per heavy atom. The van der Waals surface area contributed by atoms with Crippen molar-refractivity contribution in [2.45, 2.75) is 40.2 Å². The summed E-state index contributed by atoms with van der Waals surface area (Å²) in [6.45, 7) is 8.72. The van der Waals surface area contributed by atoms with E-state index in [1.54, 1.807) is 63.2 Å². The molecule has 0 aliphatic carbocycles. The van der Waals surface area contributed by atoms with Gasteiger partial charge in [-0.2, -0.15) is 0 Å². The number of rotatable bonds is 5. The molecule has 3 N–H and O–H groups in total. The molecule has 0 saturated heterocycles. The van der Waals surface area contributed by atoms with Crippen LogP contribution in [0.15, 0.2) is 42.5 Å². The van der Waals surface area contributed by atoms with Crippen molar-refractivity contribution in [1.82, 2.24) is 15.3 Å². The molecular formula is C24H27N5O4. The number of nitrogens with one attached hydrogen (secondary N) is 3. The maximum Gasteiger partial charge on any atom is 0.408 e. The van der Waals surface area contributed by atoms with Crippen LogP contribution in [0.3, 0.4) is 0 Å². The highest BCUT2D eigenvalue weighted by Crippen LogP contribution is 2.18. The number of fused-ring (bicyclic) bond motifs is 1. The van der Waals surface area contributed by atoms with Crippen LogP contribution in [0.5, 0.6) is 0 Å². The number of hydrogen-bond donors (Lipinski definition) is 3. The number of aromatic nitrogens is 2. The van der Waals surface area contributed by atoms with Gasteiger partial charge in [0, 0.05) is 16.9 Å². The predicted octanol–water partition coefficient (Wildman–Crippen LogP) is 3.96. The zero-order chi connectivity index (χ0) is 24.2. The number of anilines is 2. The first-order chi connectivity index (χ1) is 15.5. The summed E-state index contributed by atoms with van der Waals surface area (Å²) in [5, 5.41) is 7.88. The van der Waals surface area contributed by atoms with Crippen LogP contribution in [-0.2, 0) is 9.53 Å². The molecule has 0 saturated carbocycles. The quantitative estimate of drug-likeness (QED) is 0.542. The first-order valence-electron chi connectivity index (χ1n) is 10.4. The average molecular weight is 450 g/mol. The van der Waals surface area contributed by atoms with Crippen LogP contribution >= 0.6 is 0 Å². The fraction of sp³-hybridized carbons (Fsp3) is 0.292. The standard InChI is InChI=1S/C24H27N5O4/c1-14-15(2)27-20-11-16(9-10-19(20)26-14)22(31)29-18-8-6-7-17(12-18)28-21(30)13-25-23(32)33-24(3,4)5/h6-12H,13H2,1-5H3,(H,25,32)(H,28,30)(H,29,31). The molecule has 0 spiro atoms. The van der Waals surface area contributed by atoms with E-state index in [2.05, 4.69) is 25.9 Å². The van der Waals surface area contributed by atoms with Crippen molar-refractivity contribution in [1.29, 1.82) is 0 Å². The van der Waals surface area contributed by atoms with Gasteiger partial charge in [-0.25, -0.2) is 14.8 Å². The van der Waals surface area contributed by atoms with Crippen molar-refractivity contribution in [2.75, 3.05) is 17.2 Å². The monoisotopic (exact) mass is 449 g/mol. The minimum absolute atomic E-state index is 0.248. The highest BCUT2D eigenvalue weighted by Gasteiger charge is 2.16. The highest BCUT2D eigenvalue weighted by atomic mass is 16.6. The van der Waals surface area contributed by atoms with E-state index in [4.69, 9.17) is 4.74 Å². The summed E-state index contributed by atoms with van der Waals surface area (Å²) in [4.78, 5) is 45.5. The van der Waals surface area contributed by atoms with Crippen LogP contribution in [0.4, 0.5) is 16.2 Å². The number of alkyl carbamates (subject to hydrolysis) is 1. The fourth-order valence-electron chi connectivity index (χ4n) is 2.92. The number of carbonyl (C=O) groups excluding carboxylic acids is 3. The van der Waals surface area contributed by atoms with Gasteiger partial charge in [0.15, 0.2) is 0 Å². The summed E-state index contributed by atoms with van der Waals surface area (Å²) in [5.74, 6) is -0.741. The smallest absolute Gasteiger partial charge is 0.408 e. The van der Waals surface area contributed by atoms with Crippen molar-refractivity contribution in [3.8, 4) is 0 Å². The summed E-state index contributed by atoms with van der Waals surface area (Å²) >= 11 is 0. The third kappa shape index (κ3) is 6.73. The van der Waals surface area contributed by atoms with Crippen LogP contribution in [0, 0.1) is 13.8 Å². The Kier molecular flexibility index (Phi) is 6.91. The van der Waals surface area contributed by atoms with Crippen LogP contribution in [-0.4, -0.2) is 40.0 Å². The minimum Gasteiger partial charge on any atom is -0.444 e. The Labute approximate surface area is 192 Å². The number of amides is 3. The second kappa shape index (κ2) is 9.64. The molecule has 1 aromatic heterocycles. The lowest BCUT2D eigenvalue weighted by molar-refractivity contribution is -0.115. The van der Waals surface area contributed by atoms with E-state index < -0.39 is 17.6 Å². The molecule has 0 bridgehead atoms. The first kappa shape index (κ1) is 23.6. The average Bonchev–Trinajstić information content (AvgIpc) is 2.72. The minimum atomic E-state index is -0.677. The van der Waals surface area contributed by atoms with Crippen LogP contribution < -0.4 is 16.0 Å². The highest BCUT2D eigenvalue weighted by molar-refractivity contribution is 6.06. The van der Waals surface area contributed by atoms with Crippen molar-refractivity contribution in [3.05, 3.63) is 59.4 Å². The summed E-state index contributed by atoms with van der Waals surface area (Å²) in [6, 6.07) is 11.9. The molecular weight excluding hydrogens is 422 g/mol. The van der Waals surface area contributed by atoms with Crippen LogP contribution in [0.25, 0.3) is 11.0 Å². The third-order valence-electron chi connectivity index (χ3n) is 4.53. The van der Waals surface area contributed by atoms with E-state index in [0.29, 0.717) is 22.5 Å². The molecule has 3 aromatic rings. The largest absolute Gasteiger partial charge is 0.444 e. The zero-order valence-electron chi connectivity index (χ0n) is 19.3. The van der Waals surface area contributed by atoms with E-state index in [1.165, 1.54) is 0 Å². The molecule has 9 nitrogen and oxygen atoms in total. The zero-order valence-corrected chi connectivity index (χ0v) is 19.3. The van der Waals surface area contributed by atoms with Crippen molar-refractivity contribution in [3.63, 3.8) is 0 Å². The molecule has 0 atom stereocenters. The first-order valence-corrected chi connectivity index (χ1v) is 10.4. The lowest BCUT2D eigenvalue weighted by Gasteiger charge is -2.19. The predicted molar refractivity (Wildman–Crippen MR) is 126 cm³/mol. The third-order valence-corrected chi connectivity index (χ3v) is 4.53. The molecule has 0 aliphatic rings. The summed E-state index contributed by atoms with van der Waals surface area (Å²) in [5.41, 5.74) is 3.79. The van der Waals surface area contributed by atoms with Gasteiger partial charge in [0.1, 0.15) is 12.1 Å². The normalized spacial score (nSPS) is 11.1. The van der Waals surface area contributed by atoms with Crippen LogP contribution in [0.2, 0.25) is 0 Å². The number of aryl methyl sites for hydroxylation is 2. The van der Waals surface area contributed by atoms with Gasteiger partial charge in [0.25, 0.3) is 5.91 Å². The Morgan fingerprint density at radius 3 is 2.18 bits per heavy atom. The number of benzene rings is 2. The lowest BCUT2D eigenvalue weighted by Crippen LogP contribution is -2.37. The van der Waals surface area contributed by atoms with E-state index in [9.17, 15) is 14.4 Å². The molecule has 3 amide bonds. The molecule has 33 heavy (non-hydrogen) atoms.